The summed E-state index contributed by atoms with van der Waals surface area (Å²) in [6.45, 7) is 2.00. The Hall–Kier alpha value is -4.06. The van der Waals surface area contributed by atoms with Crippen molar-refractivity contribution in [2.75, 3.05) is 5.73 Å². The van der Waals surface area contributed by atoms with E-state index in [0.717, 1.165) is 10.5 Å². The number of nitrogen functional groups attached to an aromatic ring is 1. The predicted octanol–water partition coefficient (Wildman–Crippen LogP) is 2.74. The van der Waals surface area contributed by atoms with Crippen LogP contribution >= 0.6 is 11.8 Å². The number of benzene rings is 2. The largest absolute Gasteiger partial charge is 0.378 e. The molecule has 2 aromatic heterocycles. The highest BCUT2D eigenvalue weighted by Crippen LogP contribution is 2.26. The van der Waals surface area contributed by atoms with E-state index in [1.165, 1.54) is 46.9 Å². The van der Waals surface area contributed by atoms with E-state index in [0.29, 0.717) is 17.0 Å². The van der Waals surface area contributed by atoms with Crippen LogP contribution in [0.5, 0.6) is 0 Å². The molecule has 32 heavy (non-hydrogen) atoms. The van der Waals surface area contributed by atoms with Gasteiger partial charge in [-0.3, -0.25) is 4.79 Å². The Morgan fingerprint density at radius 1 is 1.22 bits per heavy atom. The number of nitrogens with zero attached hydrogens (tertiary/aromatic N) is 6. The number of thioether (sulfide) groups is 1. The quantitative estimate of drug-likeness (QED) is 0.248. The van der Waals surface area contributed by atoms with E-state index < -0.39 is 5.91 Å². The zero-order valence-corrected chi connectivity index (χ0v) is 17.6. The van der Waals surface area contributed by atoms with Crippen molar-refractivity contribution in [3.05, 3.63) is 76.9 Å². The third-order valence-electron chi connectivity index (χ3n) is 4.32. The third kappa shape index (κ3) is 4.81. The van der Waals surface area contributed by atoms with Crippen LogP contribution < -0.4 is 11.2 Å². The van der Waals surface area contributed by atoms with Gasteiger partial charge in [0.1, 0.15) is 5.82 Å². The molecule has 2 aromatic carbocycles. The molecule has 2 heterocycles. The van der Waals surface area contributed by atoms with Gasteiger partial charge >= 0.3 is 0 Å². The van der Waals surface area contributed by atoms with Crippen LogP contribution in [-0.2, 0) is 5.75 Å². The number of rotatable bonds is 7. The molecule has 4 aromatic rings. The lowest BCUT2D eigenvalue weighted by atomic mass is 10.2. The average Bonchev–Trinajstić information content (AvgIpc) is 3.40. The fourth-order valence-electron chi connectivity index (χ4n) is 2.67. The smallest absolute Gasteiger partial charge is 0.293 e. The van der Waals surface area contributed by atoms with Crippen LogP contribution in [0.3, 0.4) is 0 Å². The maximum atomic E-state index is 13.0. The minimum atomic E-state index is -0.579. The molecule has 162 valence electrons. The number of halogens is 1. The molecular weight excluding hydrogens is 435 g/mol. The highest BCUT2D eigenvalue weighted by atomic mass is 32.2. The van der Waals surface area contributed by atoms with Crippen LogP contribution in [-0.4, -0.2) is 37.4 Å². The minimum Gasteiger partial charge on any atom is -0.378 e. The second-order valence-electron chi connectivity index (χ2n) is 6.62. The zero-order chi connectivity index (χ0) is 22.5. The molecule has 0 saturated carbocycles. The summed E-state index contributed by atoms with van der Waals surface area (Å²) in [5.41, 5.74) is 10.4. The second kappa shape index (κ2) is 9.39. The van der Waals surface area contributed by atoms with Crippen LogP contribution in [0.15, 0.2) is 63.2 Å². The number of nitrogens with one attached hydrogen (secondary N) is 1. The topological polar surface area (TPSA) is 137 Å². The van der Waals surface area contributed by atoms with Crippen molar-refractivity contribution in [2.45, 2.75) is 17.6 Å². The van der Waals surface area contributed by atoms with Gasteiger partial charge in [-0.15, -0.1) is 16.9 Å². The molecule has 0 radical (unpaired) electrons. The van der Waals surface area contributed by atoms with Crippen molar-refractivity contribution in [1.29, 1.82) is 0 Å². The number of carbonyl (C=O) groups is 1. The number of hydrogen-bond acceptors (Lipinski definition) is 9. The van der Waals surface area contributed by atoms with Gasteiger partial charge in [0.15, 0.2) is 5.69 Å². The highest BCUT2D eigenvalue weighted by molar-refractivity contribution is 7.98. The summed E-state index contributed by atoms with van der Waals surface area (Å²) in [4.78, 5) is 13.7. The zero-order valence-electron chi connectivity index (χ0n) is 16.8. The number of anilines is 1. The van der Waals surface area contributed by atoms with Gasteiger partial charge in [0, 0.05) is 10.6 Å². The molecule has 0 aliphatic heterocycles. The van der Waals surface area contributed by atoms with E-state index in [4.69, 9.17) is 5.73 Å². The number of nitrogens with two attached hydrogens (primary N) is 1. The first-order chi connectivity index (χ1) is 15.5. The van der Waals surface area contributed by atoms with Crippen LogP contribution in [0, 0.1) is 12.7 Å². The SMILES string of the molecule is Cc1ccc(SCc2c(C(=O)NN=Cc3ccc(F)cc3)nnn2-c2nonc2N)cc1. The fourth-order valence-corrected chi connectivity index (χ4v) is 3.56. The van der Waals surface area contributed by atoms with Crippen LogP contribution in [0.4, 0.5) is 10.2 Å². The van der Waals surface area contributed by atoms with Gasteiger partial charge in [0.25, 0.3) is 5.91 Å². The average molecular weight is 452 g/mol. The lowest BCUT2D eigenvalue weighted by Crippen LogP contribution is -2.20. The van der Waals surface area contributed by atoms with Gasteiger partial charge in [-0.25, -0.2) is 14.4 Å². The number of carbonyl (C=O) groups excluding carboxylic acids is 1. The monoisotopic (exact) mass is 452 g/mol. The van der Waals surface area contributed by atoms with E-state index >= 15 is 0 Å². The summed E-state index contributed by atoms with van der Waals surface area (Å²) in [6.07, 6.45) is 1.39. The summed E-state index contributed by atoms with van der Waals surface area (Å²) in [7, 11) is 0. The Balaban J connectivity index is 1.56. The Bertz CT molecular complexity index is 1250. The number of hydrazone groups is 1. The fraction of sp³-hybridized carbons (Fsp3) is 0.100. The lowest BCUT2D eigenvalue weighted by Gasteiger charge is -2.06. The summed E-state index contributed by atoms with van der Waals surface area (Å²) in [6, 6.07) is 13.6. The number of hydrogen-bond donors (Lipinski definition) is 2. The molecule has 4 rings (SSSR count). The molecule has 1 amide bonds. The van der Waals surface area contributed by atoms with Crippen molar-refractivity contribution in [3.63, 3.8) is 0 Å². The normalized spacial score (nSPS) is 11.2. The predicted molar refractivity (Wildman–Crippen MR) is 116 cm³/mol. The van der Waals surface area contributed by atoms with Crippen LogP contribution in [0.2, 0.25) is 0 Å². The molecule has 10 nitrogen and oxygen atoms in total. The molecular formula is C20H17FN8O2S. The summed E-state index contributed by atoms with van der Waals surface area (Å²) >= 11 is 1.48. The van der Waals surface area contributed by atoms with Gasteiger partial charge in [-0.1, -0.05) is 35.0 Å². The van der Waals surface area contributed by atoms with Crippen molar-refractivity contribution in [3.8, 4) is 5.82 Å². The maximum absolute atomic E-state index is 13.0. The molecule has 3 N–H and O–H groups in total. The molecule has 12 heteroatoms. The third-order valence-corrected chi connectivity index (χ3v) is 5.34. The first-order valence-electron chi connectivity index (χ1n) is 9.32. The molecule has 0 saturated heterocycles. The molecule has 0 spiro atoms. The van der Waals surface area contributed by atoms with Gasteiger partial charge < -0.3 is 5.73 Å². The Kier molecular flexibility index (Phi) is 6.22. The Morgan fingerprint density at radius 3 is 2.66 bits per heavy atom. The second-order valence-corrected chi connectivity index (χ2v) is 7.67. The molecule has 0 atom stereocenters. The van der Waals surface area contributed by atoms with Gasteiger partial charge in [-0.05, 0) is 47.1 Å². The minimum absolute atomic E-state index is 0.0118. The van der Waals surface area contributed by atoms with Gasteiger partial charge in [0.05, 0.1) is 11.9 Å². The first kappa shape index (κ1) is 21.2. The van der Waals surface area contributed by atoms with Crippen molar-refractivity contribution in [2.24, 2.45) is 5.10 Å². The van der Waals surface area contributed by atoms with E-state index in [-0.39, 0.29) is 23.1 Å². The molecule has 0 fully saturated rings. The van der Waals surface area contributed by atoms with E-state index in [2.05, 4.69) is 35.8 Å². The van der Waals surface area contributed by atoms with E-state index in [1.807, 2.05) is 31.2 Å². The van der Waals surface area contributed by atoms with Crippen LogP contribution in [0.25, 0.3) is 5.82 Å². The number of amides is 1. The van der Waals surface area contributed by atoms with E-state index in [9.17, 15) is 9.18 Å². The van der Waals surface area contributed by atoms with Crippen molar-refractivity contribution < 1.29 is 13.8 Å². The summed E-state index contributed by atoms with van der Waals surface area (Å²) in [5.74, 6) is -0.458. The van der Waals surface area contributed by atoms with E-state index in [1.54, 1.807) is 0 Å². The van der Waals surface area contributed by atoms with Crippen molar-refractivity contribution >= 4 is 29.7 Å². The highest BCUT2D eigenvalue weighted by Gasteiger charge is 2.24. The first-order valence-corrected chi connectivity index (χ1v) is 10.3. The molecule has 0 aliphatic carbocycles. The lowest BCUT2D eigenvalue weighted by molar-refractivity contribution is 0.0949. The molecule has 0 bridgehead atoms. The number of aryl methyl sites for hydroxylation is 1. The molecule has 0 aliphatic rings. The van der Waals surface area contributed by atoms with Crippen LogP contribution in [0.1, 0.15) is 27.3 Å². The molecule has 0 unspecified atom stereocenters. The summed E-state index contributed by atoms with van der Waals surface area (Å²) in [5, 5.41) is 19.2. The van der Waals surface area contributed by atoms with Gasteiger partial charge in [0.2, 0.25) is 11.6 Å². The Morgan fingerprint density at radius 2 is 1.97 bits per heavy atom. The Labute approximate surface area is 185 Å². The number of aromatic nitrogens is 5. The standard InChI is InChI=1S/C20H17FN8O2S/c1-12-2-8-15(9-3-12)32-11-16-17(24-28-29(16)19-18(22)26-31-27-19)20(30)25-23-10-13-4-6-14(21)7-5-13/h2-10H,11H2,1H3,(H2,22,26)(H,25,30). The summed E-state index contributed by atoms with van der Waals surface area (Å²) < 4.78 is 19.0. The maximum Gasteiger partial charge on any atom is 0.293 e. The van der Waals surface area contributed by atoms with Crippen molar-refractivity contribution in [1.82, 2.24) is 30.7 Å². The van der Waals surface area contributed by atoms with Gasteiger partial charge in [-0.2, -0.15) is 9.78 Å².